The fourth-order valence-electron chi connectivity index (χ4n) is 3.04. The molecule has 0 bridgehead atoms. The lowest BCUT2D eigenvalue weighted by Crippen LogP contribution is -2.36. The lowest BCUT2D eigenvalue weighted by atomic mass is 10.1. The molecule has 0 N–H and O–H groups in total. The lowest BCUT2D eigenvalue weighted by Gasteiger charge is -2.21. The molecule has 144 valence electrons. The Hall–Kier alpha value is -2.38. The van der Waals surface area contributed by atoms with Crippen molar-refractivity contribution in [2.24, 2.45) is 0 Å². The summed E-state index contributed by atoms with van der Waals surface area (Å²) >= 11 is 0. The number of para-hydroxylation sites is 1. The third kappa shape index (κ3) is 5.30. The summed E-state index contributed by atoms with van der Waals surface area (Å²) in [6.07, 6.45) is 1.85. The van der Waals surface area contributed by atoms with Crippen LogP contribution in [0.4, 0.5) is 0 Å². The third-order valence-electron chi connectivity index (χ3n) is 4.56. The molecule has 6 nitrogen and oxygen atoms in total. The molecule has 3 rings (SSSR count). The minimum absolute atomic E-state index is 0.0686. The number of carbonyl (C=O) groups excluding carboxylic acids is 1. The second-order valence-electron chi connectivity index (χ2n) is 6.61. The monoisotopic (exact) mass is 388 g/mol. The van der Waals surface area contributed by atoms with Gasteiger partial charge in [0.25, 0.3) is 5.91 Å². The quantitative estimate of drug-likeness (QED) is 0.789. The van der Waals surface area contributed by atoms with Gasteiger partial charge in [0.05, 0.1) is 6.26 Å². The first-order valence-electron chi connectivity index (χ1n) is 8.95. The van der Waals surface area contributed by atoms with E-state index < -0.39 is 10.0 Å². The Labute approximate surface area is 160 Å². The topological polar surface area (TPSA) is 66.9 Å². The molecule has 0 saturated carbocycles. The van der Waals surface area contributed by atoms with Crippen LogP contribution >= 0.6 is 0 Å². The number of benzene rings is 2. The normalized spacial score (nSPS) is 16.0. The standard InChI is InChI=1S/C20H24N2O4S/c1-27(24,25)22-13-5-12-21(14-15-22)20(23)18-10-8-17(9-11-18)16-26-19-6-3-2-4-7-19/h2-4,6-11H,5,12-16H2,1H3. The highest BCUT2D eigenvalue weighted by molar-refractivity contribution is 7.88. The van der Waals surface area contributed by atoms with Crippen molar-refractivity contribution in [3.8, 4) is 5.75 Å². The second kappa shape index (κ2) is 8.54. The maximum atomic E-state index is 12.7. The largest absolute Gasteiger partial charge is 0.489 e. The minimum atomic E-state index is -3.22. The number of ether oxygens (including phenoxy) is 1. The second-order valence-corrected chi connectivity index (χ2v) is 8.59. The zero-order chi connectivity index (χ0) is 19.3. The van der Waals surface area contributed by atoms with Gasteiger partial charge in [-0.05, 0) is 36.2 Å². The van der Waals surface area contributed by atoms with E-state index in [-0.39, 0.29) is 5.91 Å². The van der Waals surface area contributed by atoms with Crippen molar-refractivity contribution >= 4 is 15.9 Å². The van der Waals surface area contributed by atoms with Gasteiger partial charge in [0.2, 0.25) is 10.0 Å². The molecule has 0 spiro atoms. The summed E-state index contributed by atoms with van der Waals surface area (Å²) in [5.74, 6) is 0.735. The van der Waals surface area contributed by atoms with Gasteiger partial charge in [-0.25, -0.2) is 12.7 Å². The Morgan fingerprint density at radius 3 is 2.33 bits per heavy atom. The molecular weight excluding hydrogens is 364 g/mol. The van der Waals surface area contributed by atoms with E-state index in [2.05, 4.69) is 0 Å². The van der Waals surface area contributed by atoms with Gasteiger partial charge < -0.3 is 9.64 Å². The molecule has 1 fully saturated rings. The molecule has 7 heteroatoms. The van der Waals surface area contributed by atoms with E-state index >= 15 is 0 Å². The van der Waals surface area contributed by atoms with Crippen LogP contribution in [0, 0.1) is 0 Å². The summed E-state index contributed by atoms with van der Waals surface area (Å²) in [5, 5.41) is 0. The van der Waals surface area contributed by atoms with Gasteiger partial charge in [0.15, 0.2) is 0 Å². The van der Waals surface area contributed by atoms with Crippen LogP contribution in [0.5, 0.6) is 5.75 Å². The van der Waals surface area contributed by atoms with Crippen LogP contribution in [-0.4, -0.2) is 56.0 Å². The lowest BCUT2D eigenvalue weighted by molar-refractivity contribution is 0.0764. The molecule has 1 amide bonds. The minimum Gasteiger partial charge on any atom is -0.489 e. The summed E-state index contributed by atoms with van der Waals surface area (Å²) < 4.78 is 30.5. The van der Waals surface area contributed by atoms with E-state index in [1.54, 1.807) is 17.0 Å². The highest BCUT2D eigenvalue weighted by Gasteiger charge is 2.24. The van der Waals surface area contributed by atoms with Crippen molar-refractivity contribution in [1.82, 2.24) is 9.21 Å². The molecule has 0 aliphatic carbocycles. The molecule has 1 heterocycles. The van der Waals surface area contributed by atoms with Crippen molar-refractivity contribution in [2.45, 2.75) is 13.0 Å². The summed E-state index contributed by atoms with van der Waals surface area (Å²) in [7, 11) is -3.22. The van der Waals surface area contributed by atoms with Crippen molar-refractivity contribution in [2.75, 3.05) is 32.4 Å². The SMILES string of the molecule is CS(=O)(=O)N1CCCN(C(=O)c2ccc(COc3ccccc3)cc2)CC1. The predicted molar refractivity (Wildman–Crippen MR) is 104 cm³/mol. The number of nitrogens with zero attached hydrogens (tertiary/aromatic N) is 2. The van der Waals surface area contributed by atoms with Crippen LogP contribution in [0.25, 0.3) is 0 Å². The van der Waals surface area contributed by atoms with Gasteiger partial charge in [0.1, 0.15) is 12.4 Å². The highest BCUT2D eigenvalue weighted by Crippen LogP contribution is 2.14. The molecule has 27 heavy (non-hydrogen) atoms. The van der Waals surface area contributed by atoms with Crippen LogP contribution in [0.2, 0.25) is 0 Å². The molecular formula is C20H24N2O4S. The van der Waals surface area contributed by atoms with Crippen LogP contribution in [0.1, 0.15) is 22.3 Å². The van der Waals surface area contributed by atoms with E-state index in [1.165, 1.54) is 10.6 Å². The fourth-order valence-corrected chi connectivity index (χ4v) is 3.91. The Morgan fingerprint density at radius 2 is 1.67 bits per heavy atom. The average molecular weight is 388 g/mol. The number of amides is 1. The number of sulfonamides is 1. The molecule has 0 atom stereocenters. The summed E-state index contributed by atoms with van der Waals surface area (Å²) in [5.41, 5.74) is 1.58. The molecule has 2 aromatic carbocycles. The summed E-state index contributed by atoms with van der Waals surface area (Å²) in [6, 6.07) is 16.9. The van der Waals surface area contributed by atoms with E-state index in [9.17, 15) is 13.2 Å². The fraction of sp³-hybridized carbons (Fsp3) is 0.350. The van der Waals surface area contributed by atoms with Gasteiger partial charge in [-0.3, -0.25) is 4.79 Å². The van der Waals surface area contributed by atoms with Gasteiger partial charge in [-0.2, -0.15) is 0 Å². The van der Waals surface area contributed by atoms with Gasteiger partial charge in [-0.1, -0.05) is 30.3 Å². The molecule has 2 aromatic rings. The molecule has 0 unspecified atom stereocenters. The molecule has 0 aromatic heterocycles. The van der Waals surface area contributed by atoms with Crippen LogP contribution in [0.3, 0.4) is 0 Å². The first-order chi connectivity index (χ1) is 12.9. The van der Waals surface area contributed by atoms with E-state index in [0.29, 0.717) is 44.8 Å². The Balaban J connectivity index is 1.58. The van der Waals surface area contributed by atoms with Gasteiger partial charge in [-0.15, -0.1) is 0 Å². The van der Waals surface area contributed by atoms with E-state index in [1.807, 2.05) is 42.5 Å². The molecule has 1 saturated heterocycles. The predicted octanol–water partition coefficient (Wildman–Crippen LogP) is 2.37. The molecule has 1 aliphatic heterocycles. The Kier molecular flexibility index (Phi) is 6.13. The maximum absolute atomic E-state index is 12.7. The maximum Gasteiger partial charge on any atom is 0.253 e. The Bertz CT molecular complexity index is 867. The third-order valence-corrected chi connectivity index (χ3v) is 5.86. The first-order valence-corrected chi connectivity index (χ1v) is 10.8. The molecule has 1 aliphatic rings. The molecule has 0 radical (unpaired) electrons. The van der Waals surface area contributed by atoms with Crippen LogP contribution < -0.4 is 4.74 Å². The van der Waals surface area contributed by atoms with E-state index in [4.69, 9.17) is 4.74 Å². The van der Waals surface area contributed by atoms with Crippen LogP contribution in [0.15, 0.2) is 54.6 Å². The summed E-state index contributed by atoms with van der Waals surface area (Å²) in [4.78, 5) is 14.4. The van der Waals surface area contributed by atoms with E-state index in [0.717, 1.165) is 11.3 Å². The smallest absolute Gasteiger partial charge is 0.253 e. The van der Waals surface area contributed by atoms with Gasteiger partial charge in [0, 0.05) is 31.7 Å². The highest BCUT2D eigenvalue weighted by atomic mass is 32.2. The van der Waals surface area contributed by atoms with Crippen molar-refractivity contribution in [3.05, 3.63) is 65.7 Å². The summed E-state index contributed by atoms with van der Waals surface area (Å²) in [6.45, 7) is 2.20. The zero-order valence-electron chi connectivity index (χ0n) is 15.4. The van der Waals surface area contributed by atoms with Crippen molar-refractivity contribution in [1.29, 1.82) is 0 Å². The van der Waals surface area contributed by atoms with Crippen molar-refractivity contribution in [3.63, 3.8) is 0 Å². The first kappa shape index (κ1) is 19.4. The van der Waals surface area contributed by atoms with Crippen LogP contribution in [-0.2, 0) is 16.6 Å². The number of hydrogen-bond donors (Lipinski definition) is 0. The number of hydrogen-bond acceptors (Lipinski definition) is 4. The van der Waals surface area contributed by atoms with Crippen molar-refractivity contribution < 1.29 is 17.9 Å². The number of rotatable bonds is 5. The zero-order valence-corrected chi connectivity index (χ0v) is 16.2. The Morgan fingerprint density at radius 1 is 0.963 bits per heavy atom. The van der Waals surface area contributed by atoms with Gasteiger partial charge >= 0.3 is 0 Å². The number of carbonyl (C=O) groups is 1. The average Bonchev–Trinajstić information content (AvgIpc) is 2.93.